The second kappa shape index (κ2) is 7.31. The van der Waals surface area contributed by atoms with Gasteiger partial charge in [-0.05, 0) is 17.8 Å². The lowest BCUT2D eigenvalue weighted by Crippen LogP contribution is -2.35. The van der Waals surface area contributed by atoms with Crippen LogP contribution in [0.25, 0.3) is 0 Å². The molecule has 0 heterocycles. The Morgan fingerprint density at radius 1 is 1.08 bits per heavy atom. The minimum Gasteiger partial charge on any atom is -0.357 e. The van der Waals surface area contributed by atoms with Gasteiger partial charge in [-0.25, -0.2) is 5.11 Å². The summed E-state index contributed by atoms with van der Waals surface area (Å²) in [6, 6.07) is 8.94. The van der Waals surface area contributed by atoms with Crippen molar-refractivity contribution in [1.29, 1.82) is 0 Å². The van der Waals surface area contributed by atoms with Crippen LogP contribution in [0.2, 0.25) is 0 Å². The van der Waals surface area contributed by atoms with E-state index in [1.165, 1.54) is 0 Å². The third kappa shape index (κ3) is 4.54. The molecule has 4 heteroatoms. The maximum absolute atomic E-state index is 12.5. The van der Waals surface area contributed by atoms with Crippen LogP contribution in [0.3, 0.4) is 0 Å². The molecule has 0 bridgehead atoms. The van der Waals surface area contributed by atoms with Gasteiger partial charge in [0.1, 0.15) is 0 Å². The van der Waals surface area contributed by atoms with E-state index in [2.05, 4.69) is 5.32 Å². The Balaban J connectivity index is 2.34. The van der Waals surface area contributed by atoms with Gasteiger partial charge in [0.15, 0.2) is 17.8 Å². The number of hydrogen-bond donors (Lipinski definition) is 1. The fourth-order valence-corrected chi connectivity index (χ4v) is 3.11. The van der Waals surface area contributed by atoms with Crippen molar-refractivity contribution in [2.24, 2.45) is 11.3 Å². The highest BCUT2D eigenvalue weighted by molar-refractivity contribution is 6.22. The summed E-state index contributed by atoms with van der Waals surface area (Å²) < 4.78 is 0. The van der Waals surface area contributed by atoms with Crippen molar-refractivity contribution < 1.29 is 14.7 Å². The maximum Gasteiger partial charge on any atom is 0.188 e. The zero-order chi connectivity index (χ0) is 17.9. The van der Waals surface area contributed by atoms with Gasteiger partial charge in [-0.15, -0.1) is 0 Å². The molecule has 1 aromatic rings. The van der Waals surface area contributed by atoms with Gasteiger partial charge >= 0.3 is 0 Å². The maximum atomic E-state index is 12.5. The Bertz CT molecular complexity index is 622. The van der Waals surface area contributed by atoms with Crippen molar-refractivity contribution in [3.8, 4) is 0 Å². The molecule has 0 aliphatic heterocycles. The lowest BCUT2D eigenvalue weighted by molar-refractivity contribution is -0.127. The second-order valence-corrected chi connectivity index (χ2v) is 7.75. The van der Waals surface area contributed by atoms with Gasteiger partial charge in [0, 0.05) is 24.1 Å². The Labute approximate surface area is 144 Å². The molecule has 0 aromatic heterocycles. The molecule has 1 fully saturated rings. The average Bonchev–Trinajstić information content (AvgIpc) is 2.45. The number of rotatable bonds is 5. The lowest BCUT2D eigenvalue weighted by atomic mass is 9.73. The Morgan fingerprint density at radius 2 is 1.62 bits per heavy atom. The van der Waals surface area contributed by atoms with Crippen LogP contribution in [0, 0.1) is 11.3 Å². The predicted molar refractivity (Wildman–Crippen MR) is 92.5 cm³/mol. The highest BCUT2D eigenvalue weighted by Crippen LogP contribution is 2.35. The summed E-state index contributed by atoms with van der Waals surface area (Å²) in [5.41, 5.74) is 0.992. The van der Waals surface area contributed by atoms with Crippen molar-refractivity contribution in [2.75, 3.05) is 0 Å². The second-order valence-electron chi connectivity index (χ2n) is 7.75. The summed E-state index contributed by atoms with van der Waals surface area (Å²) >= 11 is 0. The van der Waals surface area contributed by atoms with Gasteiger partial charge < -0.3 is 5.32 Å². The molecule has 129 valence electrons. The molecule has 1 saturated carbocycles. The van der Waals surface area contributed by atoms with E-state index in [1.807, 2.05) is 33.8 Å². The molecule has 1 aromatic carbocycles. The molecule has 1 aliphatic rings. The fourth-order valence-electron chi connectivity index (χ4n) is 3.11. The Morgan fingerprint density at radius 3 is 2.12 bits per heavy atom. The molecular weight excluding hydrogens is 302 g/mol. The van der Waals surface area contributed by atoms with Gasteiger partial charge in [-0.3, -0.25) is 9.59 Å². The topological polar surface area (TPSA) is 66.1 Å². The molecule has 1 N–H and O–H groups in total. The molecular formula is C20H26NO3. The SMILES string of the molecule is CC(C)CC(NC([O])c1ccccc1)=C1C(=O)CC(C)(C)CC1=O. The molecule has 1 aliphatic carbocycles. The van der Waals surface area contributed by atoms with E-state index in [0.717, 1.165) is 0 Å². The minimum atomic E-state index is -1.19. The highest BCUT2D eigenvalue weighted by atomic mass is 16.3. The normalized spacial score (nSPS) is 18.7. The first-order valence-corrected chi connectivity index (χ1v) is 8.46. The van der Waals surface area contributed by atoms with Crippen LogP contribution < -0.4 is 5.32 Å². The summed E-state index contributed by atoms with van der Waals surface area (Å²) in [5, 5.41) is 15.4. The fraction of sp³-hybridized carbons (Fsp3) is 0.500. The van der Waals surface area contributed by atoms with E-state index in [-0.39, 0.29) is 28.5 Å². The van der Waals surface area contributed by atoms with E-state index in [4.69, 9.17) is 0 Å². The monoisotopic (exact) mass is 328 g/mol. The number of Topliss-reactive ketones (excluding diaryl/α,β-unsaturated/α-hetero) is 2. The zero-order valence-electron chi connectivity index (χ0n) is 14.9. The van der Waals surface area contributed by atoms with E-state index in [0.29, 0.717) is 30.5 Å². The Hall–Kier alpha value is -1.94. The van der Waals surface area contributed by atoms with Crippen molar-refractivity contribution in [1.82, 2.24) is 5.32 Å². The van der Waals surface area contributed by atoms with Crippen LogP contribution in [0.1, 0.15) is 58.7 Å². The van der Waals surface area contributed by atoms with Gasteiger partial charge in [0.05, 0.1) is 5.57 Å². The van der Waals surface area contributed by atoms with Crippen molar-refractivity contribution in [2.45, 2.75) is 53.2 Å². The molecule has 24 heavy (non-hydrogen) atoms. The van der Waals surface area contributed by atoms with Crippen molar-refractivity contribution >= 4 is 11.6 Å². The van der Waals surface area contributed by atoms with E-state index in [1.54, 1.807) is 24.3 Å². The predicted octanol–water partition coefficient (Wildman–Crippen LogP) is 3.96. The largest absolute Gasteiger partial charge is 0.357 e. The van der Waals surface area contributed by atoms with E-state index in [9.17, 15) is 14.7 Å². The first-order chi connectivity index (χ1) is 11.2. The quantitative estimate of drug-likeness (QED) is 0.505. The number of ketones is 2. The first-order valence-electron chi connectivity index (χ1n) is 8.46. The first kappa shape index (κ1) is 18.4. The summed E-state index contributed by atoms with van der Waals surface area (Å²) in [6.45, 7) is 7.86. The van der Waals surface area contributed by atoms with Crippen LogP contribution in [0.4, 0.5) is 0 Å². The molecule has 2 rings (SSSR count). The van der Waals surface area contributed by atoms with Crippen LogP contribution >= 0.6 is 0 Å². The van der Waals surface area contributed by atoms with Crippen LogP contribution in [0.15, 0.2) is 41.6 Å². The van der Waals surface area contributed by atoms with E-state index >= 15 is 0 Å². The number of nitrogens with one attached hydrogen (secondary N) is 1. The van der Waals surface area contributed by atoms with E-state index < -0.39 is 6.23 Å². The smallest absolute Gasteiger partial charge is 0.188 e. The summed E-state index contributed by atoms with van der Waals surface area (Å²) in [4.78, 5) is 25.1. The average molecular weight is 328 g/mol. The zero-order valence-corrected chi connectivity index (χ0v) is 14.9. The molecule has 0 amide bonds. The number of carbonyl (C=O) groups is 2. The standard InChI is InChI=1S/C20H26NO3/c1-13(2)10-15(21-19(24)14-8-6-5-7-9-14)18-16(22)11-20(3,4)12-17(18)23/h5-9,13,19,21H,10-12H2,1-4H3. The molecule has 1 radical (unpaired) electrons. The summed E-state index contributed by atoms with van der Waals surface area (Å²) in [5.74, 6) is -0.0715. The Kier molecular flexibility index (Phi) is 5.60. The molecule has 4 nitrogen and oxygen atoms in total. The summed E-state index contributed by atoms with van der Waals surface area (Å²) in [7, 11) is 0. The summed E-state index contributed by atoms with van der Waals surface area (Å²) in [6.07, 6.45) is 0.0000217. The molecule has 0 saturated heterocycles. The molecule has 1 atom stereocenters. The van der Waals surface area contributed by atoms with Crippen LogP contribution in [-0.4, -0.2) is 11.6 Å². The molecule has 1 unspecified atom stereocenters. The minimum absolute atomic E-state index is 0.153. The highest BCUT2D eigenvalue weighted by Gasteiger charge is 2.37. The third-order valence-electron chi connectivity index (χ3n) is 4.16. The molecule has 0 spiro atoms. The number of benzene rings is 1. The van der Waals surface area contributed by atoms with Crippen molar-refractivity contribution in [3.63, 3.8) is 0 Å². The van der Waals surface area contributed by atoms with Crippen molar-refractivity contribution in [3.05, 3.63) is 47.2 Å². The van der Waals surface area contributed by atoms with Crippen LogP contribution in [-0.2, 0) is 14.7 Å². The van der Waals surface area contributed by atoms with Gasteiger partial charge in [0.25, 0.3) is 0 Å². The van der Waals surface area contributed by atoms with Crippen LogP contribution in [0.5, 0.6) is 0 Å². The number of carbonyl (C=O) groups excluding carboxylic acids is 2. The van der Waals surface area contributed by atoms with Gasteiger partial charge in [0.2, 0.25) is 0 Å². The third-order valence-corrected chi connectivity index (χ3v) is 4.16. The van der Waals surface area contributed by atoms with Gasteiger partial charge in [-0.2, -0.15) is 0 Å². The number of hydrogen-bond acceptors (Lipinski definition) is 3. The van der Waals surface area contributed by atoms with Gasteiger partial charge in [-0.1, -0.05) is 58.0 Å². The lowest BCUT2D eigenvalue weighted by Gasteiger charge is -2.30. The number of allylic oxidation sites excluding steroid dienone is 2.